The molecule has 3 aromatic rings. The van der Waals surface area contributed by atoms with Gasteiger partial charge in [0.25, 0.3) is 5.91 Å². The normalized spacial score (nSPS) is 12.2. The van der Waals surface area contributed by atoms with Crippen molar-refractivity contribution in [3.05, 3.63) is 75.1 Å². The number of hydrogen-bond donors (Lipinski definition) is 1. The number of rotatable bonds is 6. The molecule has 152 valence electrons. The third kappa shape index (κ3) is 4.32. The van der Waals surface area contributed by atoms with Crippen molar-refractivity contribution in [3.63, 3.8) is 0 Å². The smallest absolute Gasteiger partial charge is 0.287 e. The molecule has 1 atom stereocenters. The van der Waals surface area contributed by atoms with Crippen LogP contribution in [-0.2, 0) is 0 Å². The zero-order valence-corrected chi connectivity index (χ0v) is 17.4. The molecule has 6 nitrogen and oxygen atoms in total. The number of amides is 1. The van der Waals surface area contributed by atoms with Crippen molar-refractivity contribution in [2.45, 2.75) is 19.9 Å². The molecule has 2 aromatic carbocycles. The maximum Gasteiger partial charge on any atom is 0.287 e. The Bertz CT molecular complexity index is 1100. The minimum Gasteiger partial charge on any atom is -0.496 e. The lowest BCUT2D eigenvalue weighted by Crippen LogP contribution is -2.35. The highest BCUT2D eigenvalue weighted by molar-refractivity contribution is 5.93. The summed E-state index contributed by atoms with van der Waals surface area (Å²) in [5.41, 5.74) is 2.99. The molecule has 0 fully saturated rings. The van der Waals surface area contributed by atoms with Gasteiger partial charge in [0.2, 0.25) is 0 Å². The predicted octanol–water partition coefficient (Wildman–Crippen LogP) is 3.45. The number of aryl methyl sites for hydroxylation is 2. The number of fused-ring (bicyclic) bond motifs is 1. The largest absolute Gasteiger partial charge is 0.496 e. The molecule has 0 aliphatic rings. The zero-order valence-electron chi connectivity index (χ0n) is 17.4. The van der Waals surface area contributed by atoms with Crippen LogP contribution in [0.5, 0.6) is 5.75 Å². The first-order chi connectivity index (χ1) is 13.8. The number of nitrogens with one attached hydrogen (secondary N) is 1. The van der Waals surface area contributed by atoms with Crippen LogP contribution in [0.4, 0.5) is 0 Å². The van der Waals surface area contributed by atoms with Crippen molar-refractivity contribution < 1.29 is 13.9 Å². The first-order valence-corrected chi connectivity index (χ1v) is 9.44. The van der Waals surface area contributed by atoms with E-state index < -0.39 is 5.91 Å². The van der Waals surface area contributed by atoms with E-state index in [0.29, 0.717) is 17.5 Å². The van der Waals surface area contributed by atoms with Crippen LogP contribution >= 0.6 is 0 Å². The summed E-state index contributed by atoms with van der Waals surface area (Å²) in [6, 6.07) is 12.6. The number of hydrogen-bond acceptors (Lipinski definition) is 5. The fourth-order valence-electron chi connectivity index (χ4n) is 3.51. The Morgan fingerprint density at radius 1 is 1.17 bits per heavy atom. The Morgan fingerprint density at radius 3 is 2.59 bits per heavy atom. The molecule has 3 rings (SSSR count). The Hall–Kier alpha value is -3.12. The average Bonchev–Trinajstić information content (AvgIpc) is 2.68. The second-order valence-electron chi connectivity index (χ2n) is 7.36. The van der Waals surface area contributed by atoms with E-state index in [1.807, 2.05) is 63.2 Å². The van der Waals surface area contributed by atoms with Gasteiger partial charge in [-0.2, -0.15) is 0 Å². The molecule has 0 radical (unpaired) electrons. The van der Waals surface area contributed by atoms with Gasteiger partial charge in [-0.1, -0.05) is 24.3 Å². The Labute approximate surface area is 170 Å². The molecule has 29 heavy (non-hydrogen) atoms. The van der Waals surface area contributed by atoms with Gasteiger partial charge in [-0.05, 0) is 51.2 Å². The summed E-state index contributed by atoms with van der Waals surface area (Å²) in [6.07, 6.45) is 0. The third-order valence-corrected chi connectivity index (χ3v) is 4.96. The number of nitrogens with zero attached hydrogens (tertiary/aromatic N) is 1. The van der Waals surface area contributed by atoms with Gasteiger partial charge in [-0.3, -0.25) is 9.59 Å². The van der Waals surface area contributed by atoms with Crippen molar-refractivity contribution in [1.29, 1.82) is 0 Å². The molecule has 1 N–H and O–H groups in total. The molecule has 1 aromatic heterocycles. The molecule has 0 unspecified atom stereocenters. The maximum atomic E-state index is 12.7. The second-order valence-corrected chi connectivity index (χ2v) is 7.36. The highest BCUT2D eigenvalue weighted by atomic mass is 16.5. The van der Waals surface area contributed by atoms with Gasteiger partial charge in [0.15, 0.2) is 11.2 Å². The number of benzene rings is 2. The molecule has 1 amide bonds. The maximum absolute atomic E-state index is 12.7. The topological polar surface area (TPSA) is 71.8 Å². The van der Waals surface area contributed by atoms with Crippen LogP contribution in [0.1, 0.15) is 33.3 Å². The number of carbonyl (C=O) groups excluding carboxylic acids is 1. The lowest BCUT2D eigenvalue weighted by atomic mass is 10.0. The summed E-state index contributed by atoms with van der Waals surface area (Å²) in [7, 11) is 5.49. The summed E-state index contributed by atoms with van der Waals surface area (Å²) in [5, 5.41) is 3.37. The number of methoxy groups -OCH3 is 1. The van der Waals surface area contributed by atoms with E-state index in [0.717, 1.165) is 22.4 Å². The summed E-state index contributed by atoms with van der Waals surface area (Å²) in [4.78, 5) is 27.2. The van der Waals surface area contributed by atoms with Gasteiger partial charge in [-0.15, -0.1) is 0 Å². The van der Waals surface area contributed by atoms with Crippen molar-refractivity contribution in [1.82, 2.24) is 10.2 Å². The standard InChI is InChI=1S/C23H26N2O4/c1-14-10-15(2)22-17(11-14)19(26)12-21(29-22)23(27)24-13-18(25(3)4)16-8-6-7-9-20(16)28-5/h6-12,18H,13H2,1-5H3,(H,24,27)/t18-/m1/s1. The number of para-hydroxylation sites is 1. The zero-order chi connectivity index (χ0) is 21.1. The lowest BCUT2D eigenvalue weighted by Gasteiger charge is -2.26. The molecule has 0 aliphatic carbocycles. The number of ether oxygens (including phenoxy) is 1. The highest BCUT2D eigenvalue weighted by Gasteiger charge is 2.21. The average molecular weight is 394 g/mol. The van der Waals surface area contributed by atoms with Crippen LogP contribution in [0.2, 0.25) is 0 Å². The minimum atomic E-state index is -0.425. The summed E-state index contributed by atoms with van der Waals surface area (Å²) >= 11 is 0. The molecule has 0 spiro atoms. The fourth-order valence-corrected chi connectivity index (χ4v) is 3.51. The van der Waals surface area contributed by atoms with E-state index in [-0.39, 0.29) is 17.2 Å². The number of likely N-dealkylation sites (N-methyl/N-ethyl adjacent to an activating group) is 1. The molecule has 0 saturated carbocycles. The molecule has 0 bridgehead atoms. The van der Waals surface area contributed by atoms with Gasteiger partial charge in [0.05, 0.1) is 18.5 Å². The number of carbonyl (C=O) groups is 1. The van der Waals surface area contributed by atoms with Gasteiger partial charge in [0, 0.05) is 18.2 Å². The Morgan fingerprint density at radius 2 is 1.90 bits per heavy atom. The molecule has 0 saturated heterocycles. The van der Waals surface area contributed by atoms with E-state index in [9.17, 15) is 9.59 Å². The van der Waals surface area contributed by atoms with Crippen LogP contribution in [0.15, 0.2) is 51.7 Å². The molecule has 1 heterocycles. The van der Waals surface area contributed by atoms with Gasteiger partial charge >= 0.3 is 0 Å². The van der Waals surface area contributed by atoms with E-state index in [2.05, 4.69) is 5.32 Å². The van der Waals surface area contributed by atoms with E-state index in [1.165, 1.54) is 6.07 Å². The van der Waals surface area contributed by atoms with Crippen molar-refractivity contribution >= 4 is 16.9 Å². The Kier molecular flexibility index (Phi) is 6.03. The van der Waals surface area contributed by atoms with Crippen LogP contribution < -0.4 is 15.5 Å². The SMILES string of the molecule is COc1ccccc1[C@@H](CNC(=O)c1cc(=O)c2cc(C)cc(C)c2o1)N(C)C. The first kappa shape index (κ1) is 20.6. The van der Waals surface area contributed by atoms with Gasteiger partial charge in [0.1, 0.15) is 11.3 Å². The van der Waals surface area contributed by atoms with E-state index in [4.69, 9.17) is 9.15 Å². The highest BCUT2D eigenvalue weighted by Crippen LogP contribution is 2.27. The van der Waals surface area contributed by atoms with Crippen molar-refractivity contribution in [3.8, 4) is 5.75 Å². The second kappa shape index (κ2) is 8.49. The van der Waals surface area contributed by atoms with E-state index in [1.54, 1.807) is 13.2 Å². The van der Waals surface area contributed by atoms with Crippen molar-refractivity contribution in [2.75, 3.05) is 27.7 Å². The summed E-state index contributed by atoms with van der Waals surface area (Å²) in [6.45, 7) is 4.12. The first-order valence-electron chi connectivity index (χ1n) is 9.44. The fraction of sp³-hybridized carbons (Fsp3) is 0.304. The predicted molar refractivity (Wildman–Crippen MR) is 114 cm³/mol. The van der Waals surface area contributed by atoms with Crippen LogP contribution in [0.3, 0.4) is 0 Å². The van der Waals surface area contributed by atoms with Crippen LogP contribution in [-0.4, -0.2) is 38.6 Å². The molecular weight excluding hydrogens is 368 g/mol. The van der Waals surface area contributed by atoms with Crippen LogP contribution in [0, 0.1) is 13.8 Å². The lowest BCUT2D eigenvalue weighted by molar-refractivity contribution is 0.0914. The summed E-state index contributed by atoms with van der Waals surface area (Å²) in [5.74, 6) is 0.335. The minimum absolute atomic E-state index is 0.00647. The van der Waals surface area contributed by atoms with Gasteiger partial charge < -0.3 is 19.4 Å². The van der Waals surface area contributed by atoms with E-state index >= 15 is 0 Å². The molecule has 6 heteroatoms. The third-order valence-electron chi connectivity index (χ3n) is 4.96. The van der Waals surface area contributed by atoms with Crippen LogP contribution in [0.25, 0.3) is 11.0 Å². The molecular formula is C23H26N2O4. The monoisotopic (exact) mass is 394 g/mol. The quantitative estimate of drug-likeness (QED) is 0.693. The van der Waals surface area contributed by atoms with Crippen molar-refractivity contribution in [2.24, 2.45) is 0 Å². The Balaban J connectivity index is 1.87. The molecule has 0 aliphatic heterocycles. The van der Waals surface area contributed by atoms with Gasteiger partial charge in [-0.25, -0.2) is 0 Å². The summed E-state index contributed by atoms with van der Waals surface area (Å²) < 4.78 is 11.2.